The van der Waals surface area contributed by atoms with Gasteiger partial charge < -0.3 is 20.7 Å². The van der Waals surface area contributed by atoms with Crippen LogP contribution in [0.25, 0.3) is 0 Å². The summed E-state index contributed by atoms with van der Waals surface area (Å²) in [6.07, 6.45) is 1.19. The Kier molecular flexibility index (Phi) is 4.84. The van der Waals surface area contributed by atoms with Gasteiger partial charge in [0.15, 0.2) is 0 Å². The molecule has 0 aliphatic carbocycles. The van der Waals surface area contributed by atoms with E-state index < -0.39 is 0 Å². The molecular weight excluding hydrogens is 254 g/mol. The summed E-state index contributed by atoms with van der Waals surface area (Å²) < 4.78 is 5.07. The van der Waals surface area contributed by atoms with Gasteiger partial charge in [-0.2, -0.15) is 0 Å². The summed E-state index contributed by atoms with van der Waals surface area (Å²) in [5.41, 5.74) is 7.63. The number of hydrogen-bond donors (Lipinski definition) is 2. The molecular formula is C15H23N3O2. The Bertz CT molecular complexity index is 476. The molecule has 2 rings (SSSR count). The fourth-order valence-corrected chi connectivity index (χ4v) is 2.54. The molecule has 0 radical (unpaired) electrons. The van der Waals surface area contributed by atoms with Crippen LogP contribution in [-0.2, 0) is 4.74 Å². The molecule has 110 valence electrons. The number of nitrogen functional groups attached to an aromatic ring is 1. The van der Waals surface area contributed by atoms with E-state index in [2.05, 4.69) is 17.3 Å². The first-order valence-corrected chi connectivity index (χ1v) is 7.09. The highest BCUT2D eigenvalue weighted by atomic mass is 16.5. The second kappa shape index (κ2) is 6.61. The maximum atomic E-state index is 11.9. The smallest absolute Gasteiger partial charge is 0.340 e. The van der Waals surface area contributed by atoms with Crippen molar-refractivity contribution in [3.8, 4) is 0 Å². The lowest BCUT2D eigenvalue weighted by Crippen LogP contribution is -2.20. The van der Waals surface area contributed by atoms with E-state index in [1.165, 1.54) is 6.42 Å². The van der Waals surface area contributed by atoms with Gasteiger partial charge >= 0.3 is 5.97 Å². The fourth-order valence-electron chi connectivity index (χ4n) is 2.54. The third-order valence-electron chi connectivity index (χ3n) is 3.61. The van der Waals surface area contributed by atoms with Crippen molar-refractivity contribution >= 4 is 17.3 Å². The number of ether oxygens (including phenoxy) is 1. The number of nitrogens with one attached hydrogen (secondary N) is 1. The zero-order valence-electron chi connectivity index (χ0n) is 12.2. The normalized spacial score (nSPS) is 19.0. The van der Waals surface area contributed by atoms with E-state index in [0.29, 0.717) is 23.8 Å². The Balaban J connectivity index is 2.04. The molecule has 0 bridgehead atoms. The molecule has 20 heavy (non-hydrogen) atoms. The first-order valence-electron chi connectivity index (χ1n) is 7.09. The number of benzene rings is 1. The van der Waals surface area contributed by atoms with Crippen LogP contribution in [-0.4, -0.2) is 44.2 Å². The Labute approximate surface area is 120 Å². The van der Waals surface area contributed by atoms with Crippen molar-refractivity contribution in [1.82, 2.24) is 4.90 Å². The van der Waals surface area contributed by atoms with Gasteiger partial charge in [0, 0.05) is 24.5 Å². The van der Waals surface area contributed by atoms with E-state index in [1.54, 1.807) is 19.1 Å². The SMILES string of the molecule is CCOC(=O)c1cc(N)ccc1NCC1CCN(C)C1. The average molecular weight is 277 g/mol. The van der Waals surface area contributed by atoms with Crippen LogP contribution in [0.2, 0.25) is 0 Å². The van der Waals surface area contributed by atoms with E-state index >= 15 is 0 Å². The molecule has 1 aliphatic heterocycles. The van der Waals surface area contributed by atoms with Crippen molar-refractivity contribution in [2.45, 2.75) is 13.3 Å². The standard InChI is InChI=1S/C15H23N3O2/c1-3-20-15(19)13-8-12(16)4-5-14(13)17-9-11-6-7-18(2)10-11/h4-5,8,11,17H,3,6-7,9-10,16H2,1-2H3. The summed E-state index contributed by atoms with van der Waals surface area (Å²) in [4.78, 5) is 14.3. The Hall–Kier alpha value is -1.75. The van der Waals surface area contributed by atoms with E-state index in [4.69, 9.17) is 10.5 Å². The van der Waals surface area contributed by atoms with Gasteiger partial charge in [0.2, 0.25) is 0 Å². The molecule has 1 saturated heterocycles. The van der Waals surface area contributed by atoms with Gasteiger partial charge in [-0.3, -0.25) is 0 Å². The summed E-state index contributed by atoms with van der Waals surface area (Å²) in [5.74, 6) is 0.290. The monoisotopic (exact) mass is 277 g/mol. The van der Waals surface area contributed by atoms with Gasteiger partial charge in [0.25, 0.3) is 0 Å². The first-order chi connectivity index (χ1) is 9.60. The zero-order chi connectivity index (χ0) is 14.5. The molecule has 0 spiro atoms. The van der Waals surface area contributed by atoms with Crippen LogP contribution in [0.5, 0.6) is 0 Å². The van der Waals surface area contributed by atoms with Crippen LogP contribution in [0.3, 0.4) is 0 Å². The molecule has 5 nitrogen and oxygen atoms in total. The predicted molar refractivity (Wildman–Crippen MR) is 80.9 cm³/mol. The maximum Gasteiger partial charge on any atom is 0.340 e. The minimum Gasteiger partial charge on any atom is -0.462 e. The van der Waals surface area contributed by atoms with Gasteiger partial charge in [0.1, 0.15) is 0 Å². The molecule has 0 saturated carbocycles. The zero-order valence-corrected chi connectivity index (χ0v) is 12.2. The number of nitrogens with zero attached hydrogens (tertiary/aromatic N) is 1. The highest BCUT2D eigenvalue weighted by molar-refractivity contribution is 5.96. The Morgan fingerprint density at radius 1 is 1.55 bits per heavy atom. The van der Waals surface area contributed by atoms with Gasteiger partial charge in [-0.1, -0.05) is 0 Å². The van der Waals surface area contributed by atoms with Crippen molar-refractivity contribution in [2.24, 2.45) is 5.92 Å². The molecule has 1 aromatic rings. The molecule has 1 unspecified atom stereocenters. The third-order valence-corrected chi connectivity index (χ3v) is 3.61. The number of nitrogens with two attached hydrogens (primary N) is 1. The van der Waals surface area contributed by atoms with E-state index in [1.807, 2.05) is 6.07 Å². The first kappa shape index (κ1) is 14.7. The lowest BCUT2D eigenvalue weighted by molar-refractivity contribution is 0.0527. The van der Waals surface area contributed by atoms with Gasteiger partial charge in [0.05, 0.1) is 12.2 Å². The van der Waals surface area contributed by atoms with Crippen LogP contribution in [0.15, 0.2) is 18.2 Å². The summed E-state index contributed by atoms with van der Waals surface area (Å²) >= 11 is 0. The number of hydrogen-bond acceptors (Lipinski definition) is 5. The van der Waals surface area contributed by atoms with E-state index in [-0.39, 0.29) is 5.97 Å². The third kappa shape index (κ3) is 3.63. The highest BCUT2D eigenvalue weighted by Crippen LogP contribution is 2.22. The van der Waals surface area contributed by atoms with Gasteiger partial charge in [-0.15, -0.1) is 0 Å². The lowest BCUT2D eigenvalue weighted by Gasteiger charge is -2.15. The van der Waals surface area contributed by atoms with Crippen molar-refractivity contribution in [3.05, 3.63) is 23.8 Å². The predicted octanol–water partition coefficient (Wildman–Crippen LogP) is 1.81. The Morgan fingerprint density at radius 2 is 2.35 bits per heavy atom. The molecule has 0 aromatic heterocycles. The molecule has 1 atom stereocenters. The second-order valence-corrected chi connectivity index (χ2v) is 5.32. The van der Waals surface area contributed by atoms with Crippen molar-refractivity contribution < 1.29 is 9.53 Å². The minimum absolute atomic E-state index is 0.328. The minimum atomic E-state index is -0.328. The molecule has 1 aromatic carbocycles. The van der Waals surface area contributed by atoms with Crippen LogP contribution in [0, 0.1) is 5.92 Å². The Morgan fingerprint density at radius 3 is 3.00 bits per heavy atom. The number of carbonyl (C=O) groups excluding carboxylic acids is 1. The number of likely N-dealkylation sites (tertiary alicyclic amines) is 1. The van der Waals surface area contributed by atoms with E-state index in [9.17, 15) is 4.79 Å². The topological polar surface area (TPSA) is 67.6 Å². The molecule has 0 amide bonds. The van der Waals surface area contributed by atoms with Crippen molar-refractivity contribution in [2.75, 3.05) is 44.3 Å². The molecule has 1 fully saturated rings. The van der Waals surface area contributed by atoms with Crippen LogP contribution in [0.4, 0.5) is 11.4 Å². The van der Waals surface area contributed by atoms with Crippen molar-refractivity contribution in [1.29, 1.82) is 0 Å². The number of carbonyl (C=O) groups is 1. The summed E-state index contributed by atoms with van der Waals surface area (Å²) in [6.45, 7) is 5.25. The van der Waals surface area contributed by atoms with Crippen LogP contribution in [0.1, 0.15) is 23.7 Å². The lowest BCUT2D eigenvalue weighted by atomic mass is 10.1. The fraction of sp³-hybridized carbons (Fsp3) is 0.533. The number of esters is 1. The maximum absolute atomic E-state index is 11.9. The molecule has 5 heteroatoms. The quantitative estimate of drug-likeness (QED) is 0.634. The molecule has 3 N–H and O–H groups in total. The van der Waals surface area contributed by atoms with Crippen LogP contribution >= 0.6 is 0 Å². The van der Waals surface area contributed by atoms with Gasteiger partial charge in [-0.05, 0) is 51.1 Å². The average Bonchev–Trinajstić information content (AvgIpc) is 2.83. The summed E-state index contributed by atoms with van der Waals surface area (Å²) in [5, 5.41) is 3.36. The second-order valence-electron chi connectivity index (χ2n) is 5.32. The number of rotatable bonds is 5. The summed E-state index contributed by atoms with van der Waals surface area (Å²) in [6, 6.07) is 5.31. The largest absolute Gasteiger partial charge is 0.462 e. The number of anilines is 2. The highest BCUT2D eigenvalue weighted by Gasteiger charge is 2.20. The van der Waals surface area contributed by atoms with Crippen molar-refractivity contribution in [3.63, 3.8) is 0 Å². The molecule has 1 aliphatic rings. The van der Waals surface area contributed by atoms with E-state index in [0.717, 1.165) is 25.3 Å². The van der Waals surface area contributed by atoms with Gasteiger partial charge in [-0.25, -0.2) is 4.79 Å². The van der Waals surface area contributed by atoms with Crippen LogP contribution < -0.4 is 11.1 Å². The molecule has 1 heterocycles. The summed E-state index contributed by atoms with van der Waals surface area (Å²) in [7, 11) is 2.13.